The zero-order valence-corrected chi connectivity index (χ0v) is 19.2. The van der Waals surface area contributed by atoms with Crippen molar-refractivity contribution < 1.29 is 18.1 Å². The highest BCUT2D eigenvalue weighted by molar-refractivity contribution is 7.91. The number of nitrogens with one attached hydrogen (secondary N) is 1. The van der Waals surface area contributed by atoms with Crippen LogP contribution in [-0.4, -0.2) is 54.6 Å². The molecule has 3 aromatic rings. The molecule has 0 spiro atoms. The number of nitro benzene ring substituents is 1. The number of anilines is 1. The van der Waals surface area contributed by atoms with Gasteiger partial charge in [0.15, 0.2) is 9.99 Å². The summed E-state index contributed by atoms with van der Waals surface area (Å²) >= 11 is 0.645. The Hall–Kier alpha value is -3.35. The summed E-state index contributed by atoms with van der Waals surface area (Å²) < 4.78 is 27.1. The lowest BCUT2D eigenvalue weighted by Gasteiger charge is -2.34. The number of aryl methyl sites for hydroxylation is 1. The molecule has 0 unspecified atom stereocenters. The van der Waals surface area contributed by atoms with Crippen LogP contribution in [0, 0.1) is 17.0 Å². The standard InChI is InChI=1S/C21H20N4O6S2/c1-14-20(32-21(27)22-14)33(30,31)24-11-9-23(10-12-24)17-8-7-16(13-18(17)25(28)29)19(26)15-5-3-2-4-6-15/h2-8,13H,9-12H2,1H3,(H,22,27). The average molecular weight is 489 g/mol. The molecule has 2 heterocycles. The van der Waals surface area contributed by atoms with Gasteiger partial charge in [-0.2, -0.15) is 4.31 Å². The second kappa shape index (κ2) is 8.89. The van der Waals surface area contributed by atoms with Gasteiger partial charge in [-0.15, -0.1) is 0 Å². The lowest BCUT2D eigenvalue weighted by molar-refractivity contribution is -0.384. The number of hydrogen-bond donors (Lipinski definition) is 1. The minimum atomic E-state index is -3.84. The first-order chi connectivity index (χ1) is 15.7. The molecule has 10 nitrogen and oxygen atoms in total. The van der Waals surface area contributed by atoms with Gasteiger partial charge in [0.05, 0.1) is 4.92 Å². The lowest BCUT2D eigenvalue weighted by Crippen LogP contribution is -2.48. The highest BCUT2D eigenvalue weighted by atomic mass is 32.2. The average Bonchev–Trinajstić information content (AvgIpc) is 3.17. The van der Waals surface area contributed by atoms with Gasteiger partial charge in [0, 0.05) is 49.1 Å². The zero-order valence-electron chi connectivity index (χ0n) is 17.6. The quantitative estimate of drug-likeness (QED) is 0.320. The van der Waals surface area contributed by atoms with Crippen LogP contribution in [0.25, 0.3) is 0 Å². The Bertz CT molecular complexity index is 1370. The molecule has 1 saturated heterocycles. The highest BCUT2D eigenvalue weighted by Gasteiger charge is 2.33. The van der Waals surface area contributed by atoms with E-state index in [2.05, 4.69) is 4.98 Å². The fourth-order valence-electron chi connectivity index (χ4n) is 3.76. The maximum atomic E-state index is 12.9. The van der Waals surface area contributed by atoms with Crippen LogP contribution in [0.1, 0.15) is 21.6 Å². The maximum absolute atomic E-state index is 12.9. The maximum Gasteiger partial charge on any atom is 0.305 e. The normalized spacial score (nSPS) is 14.9. The molecule has 1 fully saturated rings. The Morgan fingerprint density at radius 1 is 1.06 bits per heavy atom. The molecule has 1 aromatic heterocycles. The number of carbonyl (C=O) groups excluding carboxylic acids is 1. The molecule has 0 radical (unpaired) electrons. The van der Waals surface area contributed by atoms with E-state index in [9.17, 15) is 28.1 Å². The second-order valence-electron chi connectivity index (χ2n) is 7.47. The van der Waals surface area contributed by atoms with Crippen LogP contribution in [0.5, 0.6) is 0 Å². The molecular weight excluding hydrogens is 468 g/mol. The fraction of sp³-hybridized carbons (Fsp3) is 0.238. The molecule has 0 bridgehead atoms. The van der Waals surface area contributed by atoms with E-state index in [0.29, 0.717) is 28.3 Å². The number of rotatable bonds is 6. The van der Waals surface area contributed by atoms with Crippen LogP contribution in [-0.2, 0) is 10.0 Å². The summed E-state index contributed by atoms with van der Waals surface area (Å²) in [5.41, 5.74) is 1.04. The topological polar surface area (TPSA) is 134 Å². The summed E-state index contributed by atoms with van der Waals surface area (Å²) in [6, 6.07) is 12.8. The van der Waals surface area contributed by atoms with Gasteiger partial charge in [0.1, 0.15) is 5.69 Å². The molecule has 0 saturated carbocycles. The Morgan fingerprint density at radius 2 is 1.73 bits per heavy atom. The number of hydrogen-bond acceptors (Lipinski definition) is 8. The fourth-order valence-corrected chi connectivity index (χ4v) is 6.62. The van der Waals surface area contributed by atoms with E-state index in [1.165, 1.54) is 23.4 Å². The van der Waals surface area contributed by atoms with Gasteiger partial charge in [-0.25, -0.2) is 8.42 Å². The van der Waals surface area contributed by atoms with Gasteiger partial charge in [-0.05, 0) is 19.1 Å². The van der Waals surface area contributed by atoms with Crippen molar-refractivity contribution >= 4 is 38.5 Å². The summed E-state index contributed by atoms with van der Waals surface area (Å²) in [6.45, 7) is 2.20. The number of aromatic amines is 1. The number of aromatic nitrogens is 1. The Labute approximate surface area is 193 Å². The van der Waals surface area contributed by atoms with Crippen molar-refractivity contribution in [2.24, 2.45) is 0 Å². The van der Waals surface area contributed by atoms with Crippen molar-refractivity contribution in [3.8, 4) is 0 Å². The van der Waals surface area contributed by atoms with E-state index >= 15 is 0 Å². The van der Waals surface area contributed by atoms with Crippen LogP contribution in [0.3, 0.4) is 0 Å². The Kier molecular flexibility index (Phi) is 6.15. The molecule has 2 aromatic carbocycles. The summed E-state index contributed by atoms with van der Waals surface area (Å²) in [6.07, 6.45) is 0. The summed E-state index contributed by atoms with van der Waals surface area (Å²) in [4.78, 5) is 39.2. The third-order valence-electron chi connectivity index (χ3n) is 5.40. The number of H-pyrrole nitrogens is 1. The minimum Gasteiger partial charge on any atom is -0.363 e. The van der Waals surface area contributed by atoms with Crippen LogP contribution in [0.2, 0.25) is 0 Å². The minimum absolute atomic E-state index is 0.0179. The molecule has 0 amide bonds. The third-order valence-corrected chi connectivity index (χ3v) is 8.89. The van der Waals surface area contributed by atoms with Crippen LogP contribution < -0.4 is 9.77 Å². The predicted octanol–water partition coefficient (Wildman–Crippen LogP) is 2.39. The number of thiazole rings is 1. The van der Waals surface area contributed by atoms with Crippen molar-refractivity contribution in [1.29, 1.82) is 0 Å². The number of nitrogens with zero attached hydrogens (tertiary/aromatic N) is 3. The Morgan fingerprint density at radius 3 is 2.30 bits per heavy atom. The van der Waals surface area contributed by atoms with Crippen molar-refractivity contribution in [2.75, 3.05) is 31.1 Å². The second-order valence-corrected chi connectivity index (χ2v) is 10.6. The van der Waals surface area contributed by atoms with E-state index in [1.54, 1.807) is 41.3 Å². The largest absolute Gasteiger partial charge is 0.363 e. The monoisotopic (exact) mass is 488 g/mol. The first kappa shape index (κ1) is 22.8. The van der Waals surface area contributed by atoms with Gasteiger partial charge in [0.2, 0.25) is 0 Å². The number of nitro groups is 1. The lowest BCUT2D eigenvalue weighted by atomic mass is 10.0. The molecular formula is C21H20N4O6S2. The number of ketones is 1. The molecule has 33 heavy (non-hydrogen) atoms. The molecule has 1 aliphatic rings. The van der Waals surface area contributed by atoms with E-state index in [0.717, 1.165) is 0 Å². The zero-order chi connectivity index (χ0) is 23.8. The summed E-state index contributed by atoms with van der Waals surface area (Å²) in [5, 5.41) is 11.8. The molecule has 0 atom stereocenters. The van der Waals surface area contributed by atoms with Gasteiger partial charge in [-0.3, -0.25) is 19.7 Å². The van der Waals surface area contributed by atoms with Crippen LogP contribution in [0.15, 0.2) is 57.5 Å². The number of carbonyl (C=O) groups is 1. The van der Waals surface area contributed by atoms with Crippen LogP contribution in [0.4, 0.5) is 11.4 Å². The predicted molar refractivity (Wildman–Crippen MR) is 124 cm³/mol. The van der Waals surface area contributed by atoms with Gasteiger partial charge < -0.3 is 9.88 Å². The van der Waals surface area contributed by atoms with E-state index in [4.69, 9.17) is 0 Å². The van der Waals surface area contributed by atoms with Crippen LogP contribution >= 0.6 is 11.3 Å². The molecule has 4 rings (SSSR count). The summed E-state index contributed by atoms with van der Waals surface area (Å²) in [5.74, 6) is -0.318. The van der Waals surface area contributed by atoms with Crippen molar-refractivity contribution in [1.82, 2.24) is 9.29 Å². The molecule has 0 aliphatic carbocycles. The van der Waals surface area contributed by atoms with E-state index < -0.39 is 19.8 Å². The first-order valence-electron chi connectivity index (χ1n) is 10.0. The Balaban J connectivity index is 1.56. The number of benzene rings is 2. The SMILES string of the molecule is Cc1[nH]c(=O)sc1S(=O)(=O)N1CCN(c2ccc(C(=O)c3ccccc3)cc2[N+](=O)[O-])CC1. The number of piperazine rings is 1. The number of sulfonamides is 1. The molecule has 12 heteroatoms. The van der Waals surface area contributed by atoms with Gasteiger partial charge in [-0.1, -0.05) is 41.7 Å². The van der Waals surface area contributed by atoms with E-state index in [-0.39, 0.29) is 47.4 Å². The first-order valence-corrected chi connectivity index (χ1v) is 12.3. The molecule has 172 valence electrons. The third kappa shape index (κ3) is 4.45. The smallest absolute Gasteiger partial charge is 0.305 e. The van der Waals surface area contributed by atoms with Crippen molar-refractivity contribution in [3.63, 3.8) is 0 Å². The van der Waals surface area contributed by atoms with Crippen molar-refractivity contribution in [2.45, 2.75) is 11.1 Å². The van der Waals surface area contributed by atoms with Gasteiger partial charge >= 0.3 is 4.87 Å². The van der Waals surface area contributed by atoms with Gasteiger partial charge in [0.25, 0.3) is 15.7 Å². The van der Waals surface area contributed by atoms with Crippen molar-refractivity contribution in [3.05, 3.63) is 85.1 Å². The molecule has 1 N–H and O–H groups in total. The molecule has 1 aliphatic heterocycles. The highest BCUT2D eigenvalue weighted by Crippen LogP contribution is 2.32. The van der Waals surface area contributed by atoms with E-state index in [1.807, 2.05) is 0 Å². The summed E-state index contributed by atoms with van der Waals surface area (Å²) in [7, 11) is -3.84.